The van der Waals surface area contributed by atoms with Crippen molar-refractivity contribution >= 4 is 55.7 Å². The van der Waals surface area contributed by atoms with E-state index in [1.165, 1.54) is 5.20 Å². The van der Waals surface area contributed by atoms with Crippen molar-refractivity contribution in [2.24, 2.45) is 0 Å². The third kappa shape index (κ3) is 8.56. The average molecular weight is 315 g/mol. The van der Waals surface area contributed by atoms with E-state index in [1.807, 2.05) is 0 Å². The Labute approximate surface area is 119 Å². The zero-order valence-electron chi connectivity index (χ0n) is 7.46. The second kappa shape index (κ2) is 10.1. The number of allylic oxidation sites excluding steroid dienone is 4. The van der Waals surface area contributed by atoms with Gasteiger partial charge in [0.1, 0.15) is 7.38 Å². The van der Waals surface area contributed by atoms with Gasteiger partial charge in [-0.3, -0.25) is 6.08 Å². The molecule has 0 aromatic rings. The SMILES string of the molecule is C[Si](C)(Cl)C1=[C-]CC=C1.Cl.Cl.Cl.[Ti]. The van der Waals surface area contributed by atoms with Crippen LogP contribution in [0.25, 0.3) is 0 Å². The van der Waals surface area contributed by atoms with E-state index in [-0.39, 0.29) is 58.9 Å². The minimum absolute atomic E-state index is 0. The molecule has 0 aromatic carbocycles. The van der Waals surface area contributed by atoms with Gasteiger partial charge < -0.3 is 0 Å². The standard InChI is InChI=1S/C7H10ClSi.3ClH.Ti/c1-9(2,8)7-5-3-4-6-7;;;;/h3,5H,4H2,1-2H3;3*1H;/q-1;;;;. The summed E-state index contributed by atoms with van der Waals surface area (Å²) in [6.45, 7) is 4.24. The van der Waals surface area contributed by atoms with Crippen molar-refractivity contribution in [1.29, 1.82) is 0 Å². The Morgan fingerprint density at radius 3 is 1.92 bits per heavy atom. The molecule has 0 radical (unpaired) electrons. The molecule has 0 saturated carbocycles. The van der Waals surface area contributed by atoms with Gasteiger partial charge in [-0.1, -0.05) is 13.1 Å². The minimum Gasteiger partial charge on any atom is -0.272 e. The second-order valence-electron chi connectivity index (χ2n) is 2.67. The molecule has 78 valence electrons. The Morgan fingerprint density at radius 1 is 1.31 bits per heavy atom. The predicted octanol–water partition coefficient (Wildman–Crippen LogP) is 3.92. The number of rotatable bonds is 1. The van der Waals surface area contributed by atoms with Crippen molar-refractivity contribution in [3.05, 3.63) is 23.4 Å². The molecule has 0 fully saturated rings. The zero-order valence-corrected chi connectivity index (χ0v) is 13.2. The molecule has 0 heterocycles. The van der Waals surface area contributed by atoms with Gasteiger partial charge >= 0.3 is 0 Å². The maximum absolute atomic E-state index is 6.13. The summed E-state index contributed by atoms with van der Waals surface area (Å²) in [4.78, 5) is 0. The summed E-state index contributed by atoms with van der Waals surface area (Å²) in [6, 6.07) is 0. The van der Waals surface area contributed by atoms with E-state index >= 15 is 0 Å². The molecule has 1 aliphatic rings. The predicted molar refractivity (Wildman–Crippen MR) is 65.6 cm³/mol. The molecule has 0 nitrogen and oxygen atoms in total. The number of halogens is 4. The van der Waals surface area contributed by atoms with E-state index in [4.69, 9.17) is 11.1 Å². The van der Waals surface area contributed by atoms with Crippen LogP contribution in [0.5, 0.6) is 0 Å². The maximum atomic E-state index is 6.13. The summed E-state index contributed by atoms with van der Waals surface area (Å²) >= 11 is 6.13. The van der Waals surface area contributed by atoms with Gasteiger partial charge in [-0.25, -0.2) is 11.3 Å². The second-order valence-corrected chi connectivity index (χ2v) is 8.99. The van der Waals surface area contributed by atoms with E-state index in [9.17, 15) is 0 Å². The molecule has 0 spiro atoms. The van der Waals surface area contributed by atoms with Crippen molar-refractivity contribution in [3.63, 3.8) is 0 Å². The Hall–Kier alpha value is 1.57. The van der Waals surface area contributed by atoms with E-state index in [0.29, 0.717) is 0 Å². The van der Waals surface area contributed by atoms with Crippen molar-refractivity contribution < 1.29 is 21.7 Å². The first-order valence-electron chi connectivity index (χ1n) is 3.07. The van der Waals surface area contributed by atoms with Gasteiger partial charge in [0.2, 0.25) is 0 Å². The molecule has 0 atom stereocenters. The van der Waals surface area contributed by atoms with Gasteiger partial charge in [-0.15, -0.1) is 43.6 Å². The largest absolute Gasteiger partial charge is 0.272 e. The van der Waals surface area contributed by atoms with Crippen LogP contribution in [0.2, 0.25) is 13.1 Å². The molecule has 13 heavy (non-hydrogen) atoms. The first-order chi connectivity index (χ1) is 4.11. The third-order valence-corrected chi connectivity index (χ3v) is 3.57. The summed E-state index contributed by atoms with van der Waals surface area (Å²) in [6.07, 6.45) is 8.39. The van der Waals surface area contributed by atoms with Crippen LogP contribution in [0.4, 0.5) is 0 Å². The fourth-order valence-electron chi connectivity index (χ4n) is 0.813. The van der Waals surface area contributed by atoms with E-state index < -0.39 is 7.38 Å². The van der Waals surface area contributed by atoms with Crippen molar-refractivity contribution in [2.45, 2.75) is 19.5 Å². The van der Waals surface area contributed by atoms with Crippen LogP contribution in [0.3, 0.4) is 0 Å². The molecule has 0 amide bonds. The van der Waals surface area contributed by atoms with Gasteiger partial charge in [0.05, 0.1) is 0 Å². The topological polar surface area (TPSA) is 0 Å². The molecule has 0 saturated heterocycles. The Bertz CT molecular complexity index is 174. The van der Waals surface area contributed by atoms with Crippen LogP contribution in [-0.2, 0) is 21.7 Å². The Balaban J connectivity index is -0.000000101. The van der Waals surface area contributed by atoms with Gasteiger partial charge in [0, 0.05) is 21.7 Å². The van der Waals surface area contributed by atoms with Gasteiger partial charge in [0.15, 0.2) is 0 Å². The maximum Gasteiger partial charge on any atom is 0.145 e. The third-order valence-electron chi connectivity index (χ3n) is 1.34. The average Bonchev–Trinajstić information content (AvgIpc) is 2.08. The molecule has 0 unspecified atom stereocenters. The summed E-state index contributed by atoms with van der Waals surface area (Å²) in [5.41, 5.74) is 0. The summed E-state index contributed by atoms with van der Waals surface area (Å²) in [7, 11) is -1.53. The van der Waals surface area contributed by atoms with E-state index in [1.54, 1.807) is 0 Å². The molecule has 0 aliphatic heterocycles. The molecule has 1 rings (SSSR count). The smallest absolute Gasteiger partial charge is 0.145 e. The molecule has 0 bridgehead atoms. The van der Waals surface area contributed by atoms with Gasteiger partial charge in [0.25, 0.3) is 0 Å². The fraction of sp³-hybridized carbons (Fsp3) is 0.429. The zero-order chi connectivity index (χ0) is 6.91. The van der Waals surface area contributed by atoms with Crippen molar-refractivity contribution in [2.75, 3.05) is 0 Å². The quantitative estimate of drug-likeness (QED) is 0.391. The first kappa shape index (κ1) is 24.0. The molecule has 6 heteroatoms. The fourth-order valence-corrected chi connectivity index (χ4v) is 2.24. The molecule has 0 N–H and O–H groups in total. The molecular weight excluding hydrogens is 302 g/mol. The molecular formula is C7H13Cl4SiTi-. The van der Waals surface area contributed by atoms with Crippen LogP contribution in [0.1, 0.15) is 6.42 Å². The molecule has 1 aliphatic carbocycles. The van der Waals surface area contributed by atoms with Crippen molar-refractivity contribution in [3.8, 4) is 0 Å². The summed E-state index contributed by atoms with van der Waals surface area (Å²) in [5, 5.41) is 1.25. The van der Waals surface area contributed by atoms with E-state index in [2.05, 4.69) is 31.3 Å². The summed E-state index contributed by atoms with van der Waals surface area (Å²) < 4.78 is 0. The van der Waals surface area contributed by atoms with Gasteiger partial charge in [-0.2, -0.15) is 17.2 Å². The van der Waals surface area contributed by atoms with Gasteiger partial charge in [-0.05, 0) is 0 Å². The number of hydrogen-bond donors (Lipinski definition) is 0. The number of hydrogen-bond acceptors (Lipinski definition) is 0. The van der Waals surface area contributed by atoms with Crippen LogP contribution in [0.15, 0.2) is 17.3 Å². The normalized spacial score (nSPS) is 12.7. The van der Waals surface area contributed by atoms with E-state index in [0.717, 1.165) is 6.42 Å². The van der Waals surface area contributed by atoms with Crippen LogP contribution in [0, 0.1) is 6.08 Å². The van der Waals surface area contributed by atoms with Crippen LogP contribution in [-0.4, -0.2) is 7.38 Å². The Kier molecular flexibility index (Phi) is 18.7. The van der Waals surface area contributed by atoms with Crippen LogP contribution < -0.4 is 0 Å². The van der Waals surface area contributed by atoms with Crippen LogP contribution >= 0.6 is 48.3 Å². The minimum atomic E-state index is -1.53. The monoisotopic (exact) mass is 313 g/mol. The molecule has 0 aromatic heterocycles. The summed E-state index contributed by atoms with van der Waals surface area (Å²) in [5.74, 6) is 0. The Morgan fingerprint density at radius 2 is 1.77 bits per heavy atom. The van der Waals surface area contributed by atoms with Crippen molar-refractivity contribution in [1.82, 2.24) is 0 Å². The first-order valence-corrected chi connectivity index (χ1v) is 7.08.